The van der Waals surface area contributed by atoms with E-state index < -0.39 is 0 Å². The topological polar surface area (TPSA) is 58.4 Å². The van der Waals surface area contributed by atoms with Gasteiger partial charge in [0, 0.05) is 82.5 Å². The average molecular weight is 1180 g/mol. The van der Waals surface area contributed by atoms with Crippen molar-refractivity contribution in [2.75, 3.05) is 0 Å². The summed E-state index contributed by atoms with van der Waals surface area (Å²) < 4.78 is 9.73. The van der Waals surface area contributed by atoms with Gasteiger partial charge in [0.2, 0.25) is 0 Å². The van der Waals surface area contributed by atoms with Gasteiger partial charge in [-0.05, 0) is 157 Å². The van der Waals surface area contributed by atoms with Crippen molar-refractivity contribution in [3.05, 3.63) is 307 Å². The molecule has 0 aliphatic rings. The molecule has 7 heteroatoms. The van der Waals surface area contributed by atoms with E-state index in [1.807, 2.05) is 6.07 Å². The molecular formula is C85H59N7. The number of hydrogen-bond donors (Lipinski definition) is 0. The number of rotatable bonds is 9. The Kier molecular flexibility index (Phi) is 12.0. The van der Waals surface area contributed by atoms with Gasteiger partial charge in [0.05, 0.1) is 44.1 Å². The Morgan fingerprint density at radius 2 is 0.402 bits per heavy atom. The van der Waals surface area contributed by atoms with Crippen LogP contribution in [0.15, 0.2) is 285 Å². The van der Waals surface area contributed by atoms with Crippen LogP contribution in [0, 0.1) is 27.7 Å². The summed E-state index contributed by atoms with van der Waals surface area (Å²) in [6, 6.07) is 104. The summed E-state index contributed by atoms with van der Waals surface area (Å²) in [7, 11) is 0. The van der Waals surface area contributed by atoms with E-state index in [0.29, 0.717) is 17.5 Å². The first-order chi connectivity index (χ1) is 45.3. The quantitative estimate of drug-likeness (QED) is 0.145. The van der Waals surface area contributed by atoms with Crippen LogP contribution < -0.4 is 0 Å². The van der Waals surface area contributed by atoms with E-state index in [2.05, 4.69) is 325 Å². The lowest BCUT2D eigenvalue weighted by Crippen LogP contribution is -2.04. The highest BCUT2D eigenvalue weighted by atomic mass is 15.0. The maximum Gasteiger partial charge on any atom is 0.164 e. The Bertz CT molecular complexity index is 5200. The lowest BCUT2D eigenvalue weighted by atomic mass is 9.93. The van der Waals surface area contributed by atoms with Crippen LogP contribution in [-0.4, -0.2) is 33.2 Å². The summed E-state index contributed by atoms with van der Waals surface area (Å²) >= 11 is 0. The first-order valence-electron chi connectivity index (χ1n) is 31.6. The lowest BCUT2D eigenvalue weighted by molar-refractivity contribution is 1.06. The molecule has 0 aliphatic heterocycles. The van der Waals surface area contributed by atoms with Gasteiger partial charge in [-0.15, -0.1) is 0 Å². The minimum atomic E-state index is 0.626. The highest BCUT2D eigenvalue weighted by molar-refractivity contribution is 6.13. The SMILES string of the molecule is Cc1cc(-c2cc(-n3c4ccccc4c4ccccc43)cc(-n3c4ccccc4c4ccccc43)c2)cc(C)c1-c1nc(-c2ccccc2)nc(-c2c(C)cc(-c3cc(-n4c5ccccc5c5ccccc54)cc(-n4c5ccccc5c5ccccc54)c3)cc2C)n1. The molecule has 0 aliphatic carbocycles. The molecule has 0 atom stereocenters. The minimum absolute atomic E-state index is 0.626. The normalized spacial score (nSPS) is 11.9. The predicted molar refractivity (Wildman–Crippen MR) is 383 cm³/mol. The summed E-state index contributed by atoms with van der Waals surface area (Å²) in [6.07, 6.45) is 0. The number of aryl methyl sites for hydroxylation is 4. The molecule has 92 heavy (non-hydrogen) atoms. The third-order valence-corrected chi connectivity index (χ3v) is 19.0. The van der Waals surface area contributed by atoms with Crippen LogP contribution in [0.2, 0.25) is 0 Å². The van der Waals surface area contributed by atoms with Crippen LogP contribution in [0.4, 0.5) is 0 Å². The second kappa shape index (κ2) is 20.8. The Labute approximate surface area is 531 Å². The number of aromatic nitrogens is 7. The minimum Gasteiger partial charge on any atom is -0.309 e. The van der Waals surface area contributed by atoms with Gasteiger partial charge in [0.15, 0.2) is 17.5 Å². The highest BCUT2D eigenvalue weighted by Crippen LogP contribution is 2.43. The summed E-state index contributed by atoms with van der Waals surface area (Å²) in [5.41, 5.74) is 25.3. The molecular weight excluding hydrogens is 1120 g/mol. The van der Waals surface area contributed by atoms with E-state index in [0.717, 1.165) is 128 Å². The van der Waals surface area contributed by atoms with Crippen molar-refractivity contribution in [2.24, 2.45) is 0 Å². The second-order valence-electron chi connectivity index (χ2n) is 24.6. The zero-order chi connectivity index (χ0) is 61.3. The summed E-state index contributed by atoms with van der Waals surface area (Å²) in [5, 5.41) is 9.79. The zero-order valence-electron chi connectivity index (χ0n) is 51.3. The van der Waals surface area contributed by atoms with Crippen molar-refractivity contribution in [1.82, 2.24) is 33.2 Å². The van der Waals surface area contributed by atoms with Crippen molar-refractivity contribution in [1.29, 1.82) is 0 Å². The fraction of sp³-hybridized carbons (Fsp3) is 0.0471. The molecule has 0 saturated heterocycles. The van der Waals surface area contributed by atoms with E-state index in [-0.39, 0.29) is 0 Å². The van der Waals surface area contributed by atoms with Crippen molar-refractivity contribution in [3.8, 4) is 79.2 Å². The van der Waals surface area contributed by atoms with Crippen LogP contribution in [0.25, 0.3) is 166 Å². The van der Waals surface area contributed by atoms with Gasteiger partial charge in [-0.3, -0.25) is 0 Å². The van der Waals surface area contributed by atoms with Gasteiger partial charge >= 0.3 is 0 Å². The lowest BCUT2D eigenvalue weighted by Gasteiger charge is -2.19. The molecule has 0 N–H and O–H groups in total. The molecule has 0 unspecified atom stereocenters. The average Bonchev–Trinajstić information content (AvgIpc) is 1.50. The maximum absolute atomic E-state index is 5.54. The van der Waals surface area contributed by atoms with E-state index in [1.54, 1.807) is 0 Å². The predicted octanol–water partition coefficient (Wildman–Crippen LogP) is 21.8. The molecule has 7 nitrogen and oxygen atoms in total. The van der Waals surface area contributed by atoms with Gasteiger partial charge in [-0.25, -0.2) is 15.0 Å². The number of benzene rings is 13. The number of hydrogen-bond acceptors (Lipinski definition) is 3. The third kappa shape index (κ3) is 8.32. The molecule has 0 radical (unpaired) electrons. The Hall–Kier alpha value is -11.9. The van der Waals surface area contributed by atoms with Crippen LogP contribution in [0.5, 0.6) is 0 Å². The van der Waals surface area contributed by atoms with Crippen molar-refractivity contribution < 1.29 is 0 Å². The number of para-hydroxylation sites is 8. The molecule has 0 fully saturated rings. The zero-order valence-corrected chi connectivity index (χ0v) is 51.3. The Balaban J connectivity index is 0.799. The third-order valence-electron chi connectivity index (χ3n) is 19.0. The first kappa shape index (κ1) is 53.1. The second-order valence-corrected chi connectivity index (χ2v) is 24.6. The number of nitrogens with zero attached hydrogens (tertiary/aromatic N) is 7. The molecule has 0 amide bonds. The molecule has 5 heterocycles. The van der Waals surface area contributed by atoms with E-state index in [1.165, 1.54) is 43.1 Å². The molecule has 0 spiro atoms. The number of fused-ring (bicyclic) bond motifs is 12. The molecule has 0 bridgehead atoms. The van der Waals surface area contributed by atoms with Crippen molar-refractivity contribution in [3.63, 3.8) is 0 Å². The molecule has 5 aromatic heterocycles. The van der Waals surface area contributed by atoms with E-state index in [4.69, 9.17) is 15.0 Å². The smallest absolute Gasteiger partial charge is 0.164 e. The van der Waals surface area contributed by atoms with Crippen LogP contribution in [0.3, 0.4) is 0 Å². The maximum atomic E-state index is 5.54. The monoisotopic (exact) mass is 1180 g/mol. The van der Waals surface area contributed by atoms with E-state index in [9.17, 15) is 0 Å². The summed E-state index contributed by atoms with van der Waals surface area (Å²) in [4.78, 5) is 16.3. The molecule has 18 rings (SSSR count). The Morgan fingerprint density at radius 1 is 0.196 bits per heavy atom. The summed E-state index contributed by atoms with van der Waals surface area (Å²) in [5.74, 6) is 1.90. The van der Waals surface area contributed by atoms with E-state index >= 15 is 0 Å². The van der Waals surface area contributed by atoms with Gasteiger partial charge in [-0.1, -0.05) is 200 Å². The van der Waals surface area contributed by atoms with Crippen LogP contribution in [0.1, 0.15) is 22.3 Å². The fourth-order valence-corrected chi connectivity index (χ4v) is 15.1. The molecule has 18 aromatic rings. The molecule has 0 saturated carbocycles. The van der Waals surface area contributed by atoms with Gasteiger partial charge in [0.25, 0.3) is 0 Å². The summed E-state index contributed by atoms with van der Waals surface area (Å²) in [6.45, 7) is 8.81. The Morgan fingerprint density at radius 3 is 0.652 bits per heavy atom. The van der Waals surface area contributed by atoms with Crippen LogP contribution >= 0.6 is 0 Å². The highest BCUT2D eigenvalue weighted by Gasteiger charge is 2.24. The largest absolute Gasteiger partial charge is 0.309 e. The fourth-order valence-electron chi connectivity index (χ4n) is 15.1. The van der Waals surface area contributed by atoms with Gasteiger partial charge < -0.3 is 18.3 Å². The first-order valence-corrected chi connectivity index (χ1v) is 31.6. The van der Waals surface area contributed by atoms with Gasteiger partial charge in [-0.2, -0.15) is 0 Å². The molecule has 434 valence electrons. The van der Waals surface area contributed by atoms with Crippen molar-refractivity contribution >= 4 is 87.2 Å². The molecule has 13 aromatic carbocycles. The van der Waals surface area contributed by atoms with Crippen LogP contribution in [-0.2, 0) is 0 Å². The standard InChI is InChI=1S/C85H59N7/c1-52-42-57(59-46-61(89-73-34-16-8-26-65(73)66-27-9-17-35-74(66)89)50-62(47-59)90-75-36-18-10-28-67(75)68-29-11-19-37-76(68)90)43-53(2)81(52)84-86-83(56-24-6-5-7-25-56)87-85(88-84)82-54(3)44-58(45-55(82)4)60-48-63(91-77-38-20-12-30-69(77)70-31-13-21-39-78(70)91)51-64(49-60)92-79-40-22-14-32-71(79)72-33-15-23-41-80(72)92/h5-51H,1-4H3. The van der Waals surface area contributed by atoms with Crippen molar-refractivity contribution in [2.45, 2.75) is 27.7 Å². The van der Waals surface area contributed by atoms with Gasteiger partial charge in [0.1, 0.15) is 0 Å².